The van der Waals surface area contributed by atoms with E-state index in [4.69, 9.17) is 4.99 Å². The topological polar surface area (TPSA) is 74.6 Å². The molecule has 3 atom stereocenters. The van der Waals surface area contributed by atoms with Crippen LogP contribution in [0.25, 0.3) is 0 Å². The molecule has 1 saturated heterocycles. The molecular weight excluding hydrogens is 515 g/mol. The summed E-state index contributed by atoms with van der Waals surface area (Å²) in [6, 6.07) is 8.36. The van der Waals surface area contributed by atoms with E-state index in [1.54, 1.807) is 0 Å². The zero-order valence-electron chi connectivity index (χ0n) is 19.6. The summed E-state index contributed by atoms with van der Waals surface area (Å²) in [5.74, 6) is 1.60. The highest BCUT2D eigenvalue weighted by molar-refractivity contribution is 14.0. The first-order valence-electron chi connectivity index (χ1n) is 11.4. The molecule has 8 heteroatoms. The maximum absolute atomic E-state index is 12.2. The molecule has 1 aliphatic heterocycles. The normalized spacial score (nSPS) is 19.8. The number of aromatic nitrogens is 2. The highest BCUT2D eigenvalue weighted by Gasteiger charge is 2.28. The smallest absolute Gasteiger partial charge is 0.227 e. The van der Waals surface area contributed by atoms with Crippen LogP contribution in [0.1, 0.15) is 52.1 Å². The van der Waals surface area contributed by atoms with Crippen molar-refractivity contribution in [2.75, 3.05) is 25.0 Å². The minimum atomic E-state index is 0. The Morgan fingerprint density at radius 1 is 1.34 bits per heavy atom. The highest BCUT2D eigenvalue weighted by Crippen LogP contribution is 2.27. The number of aliphatic imine (C=N–C) groups is 1. The van der Waals surface area contributed by atoms with Crippen molar-refractivity contribution in [2.24, 2.45) is 16.8 Å². The van der Waals surface area contributed by atoms with Crippen LogP contribution in [0.3, 0.4) is 0 Å². The minimum Gasteiger partial charge on any atom is -0.357 e. The van der Waals surface area contributed by atoms with Gasteiger partial charge in [0.15, 0.2) is 5.96 Å². The van der Waals surface area contributed by atoms with E-state index in [9.17, 15) is 4.79 Å². The number of piperidine rings is 1. The molecule has 3 rings (SSSR count). The van der Waals surface area contributed by atoms with E-state index in [1.165, 1.54) is 0 Å². The van der Waals surface area contributed by atoms with E-state index in [-0.39, 0.29) is 35.8 Å². The number of halogens is 1. The van der Waals surface area contributed by atoms with Crippen molar-refractivity contribution in [2.45, 2.75) is 53.1 Å². The summed E-state index contributed by atoms with van der Waals surface area (Å²) in [6.07, 6.45) is 7.75. The Morgan fingerprint density at radius 2 is 2.16 bits per heavy atom. The molecule has 0 bridgehead atoms. The molecule has 2 N–H and O–H groups in total. The minimum absolute atomic E-state index is 0. The molecule has 0 spiro atoms. The van der Waals surface area contributed by atoms with Crippen LogP contribution in [0.4, 0.5) is 5.69 Å². The summed E-state index contributed by atoms with van der Waals surface area (Å²) in [7, 11) is 0. The van der Waals surface area contributed by atoms with Crippen molar-refractivity contribution >= 4 is 41.5 Å². The number of hydrogen-bond acceptors (Lipinski definition) is 3. The molecule has 1 fully saturated rings. The van der Waals surface area contributed by atoms with E-state index >= 15 is 0 Å². The zero-order valence-corrected chi connectivity index (χ0v) is 22.0. The first-order chi connectivity index (χ1) is 15.0. The van der Waals surface area contributed by atoms with E-state index < -0.39 is 0 Å². The third-order valence-electron chi connectivity index (χ3n) is 6.13. The van der Waals surface area contributed by atoms with Gasteiger partial charge in [-0.15, -0.1) is 24.0 Å². The molecule has 0 aliphatic carbocycles. The van der Waals surface area contributed by atoms with E-state index in [0.29, 0.717) is 18.5 Å². The average Bonchev–Trinajstić information content (AvgIpc) is 3.31. The zero-order chi connectivity index (χ0) is 22.2. The van der Waals surface area contributed by atoms with Crippen molar-refractivity contribution in [3.05, 3.63) is 48.5 Å². The van der Waals surface area contributed by atoms with E-state index in [2.05, 4.69) is 45.0 Å². The molecule has 1 aromatic carbocycles. The molecule has 2 heterocycles. The maximum Gasteiger partial charge on any atom is 0.227 e. The van der Waals surface area contributed by atoms with Crippen molar-refractivity contribution < 1.29 is 4.79 Å². The lowest BCUT2D eigenvalue weighted by Crippen LogP contribution is -2.49. The molecule has 176 valence electrons. The van der Waals surface area contributed by atoms with Gasteiger partial charge in [0.1, 0.15) is 0 Å². The molecule has 7 nitrogen and oxygen atoms in total. The number of hydrogen-bond donors (Lipinski definition) is 2. The van der Waals surface area contributed by atoms with Crippen LogP contribution in [0.2, 0.25) is 0 Å². The van der Waals surface area contributed by atoms with Gasteiger partial charge in [0.05, 0.1) is 18.9 Å². The Morgan fingerprint density at radius 3 is 2.84 bits per heavy atom. The summed E-state index contributed by atoms with van der Waals surface area (Å²) < 4.78 is 2.21. The lowest BCUT2D eigenvalue weighted by atomic mass is 9.93. The SMILES string of the molecule is CCNC(=NCc1cccc(NC(=O)C(C)CC)c1)N1CCC(C)C(n2ccnc2)C1.I. The van der Waals surface area contributed by atoms with Gasteiger partial charge in [0, 0.05) is 43.6 Å². The first kappa shape index (κ1) is 26.2. The Balaban J connectivity index is 0.00000363. The fourth-order valence-corrected chi connectivity index (χ4v) is 3.89. The molecule has 0 saturated carbocycles. The molecule has 3 unspecified atom stereocenters. The second-order valence-electron chi connectivity index (χ2n) is 8.46. The first-order valence-corrected chi connectivity index (χ1v) is 11.4. The van der Waals surface area contributed by atoms with Gasteiger partial charge in [0.2, 0.25) is 5.91 Å². The van der Waals surface area contributed by atoms with Gasteiger partial charge in [-0.1, -0.05) is 32.9 Å². The van der Waals surface area contributed by atoms with Crippen LogP contribution >= 0.6 is 24.0 Å². The van der Waals surface area contributed by atoms with Crippen molar-refractivity contribution in [1.82, 2.24) is 19.8 Å². The molecule has 1 amide bonds. The van der Waals surface area contributed by atoms with Gasteiger partial charge >= 0.3 is 0 Å². The molecular formula is C24H37IN6O. The van der Waals surface area contributed by atoms with Gasteiger partial charge < -0.3 is 20.1 Å². The van der Waals surface area contributed by atoms with Crippen molar-refractivity contribution in [3.8, 4) is 0 Å². The second kappa shape index (κ2) is 12.8. The van der Waals surface area contributed by atoms with Gasteiger partial charge in [-0.25, -0.2) is 9.98 Å². The molecule has 1 aliphatic rings. The number of likely N-dealkylation sites (tertiary alicyclic amines) is 1. The number of carbonyl (C=O) groups excluding carboxylic acids is 1. The fraction of sp³-hybridized carbons (Fsp3) is 0.542. The Hall–Kier alpha value is -2.10. The van der Waals surface area contributed by atoms with Gasteiger partial charge in [-0.05, 0) is 43.4 Å². The van der Waals surface area contributed by atoms with Crippen molar-refractivity contribution in [1.29, 1.82) is 0 Å². The summed E-state index contributed by atoms with van der Waals surface area (Å²) >= 11 is 0. The Bertz CT molecular complexity index is 869. The van der Waals surface area contributed by atoms with Gasteiger partial charge in [-0.3, -0.25) is 4.79 Å². The number of nitrogens with zero attached hydrogens (tertiary/aromatic N) is 4. The Kier molecular flexibility index (Phi) is 10.5. The lowest BCUT2D eigenvalue weighted by Gasteiger charge is -2.39. The maximum atomic E-state index is 12.2. The quantitative estimate of drug-likeness (QED) is 0.301. The van der Waals surface area contributed by atoms with Gasteiger partial charge in [-0.2, -0.15) is 0 Å². The molecule has 1 aromatic heterocycles. The lowest BCUT2D eigenvalue weighted by molar-refractivity contribution is -0.119. The number of carbonyl (C=O) groups is 1. The second-order valence-corrected chi connectivity index (χ2v) is 8.46. The monoisotopic (exact) mass is 552 g/mol. The van der Waals surface area contributed by atoms with Crippen molar-refractivity contribution in [3.63, 3.8) is 0 Å². The van der Waals surface area contributed by atoms with Crippen LogP contribution in [-0.2, 0) is 11.3 Å². The van der Waals surface area contributed by atoms with Crippen LogP contribution in [-0.4, -0.2) is 46.0 Å². The summed E-state index contributed by atoms with van der Waals surface area (Å²) in [5, 5.41) is 6.47. The highest BCUT2D eigenvalue weighted by atomic mass is 127. The van der Waals surface area contributed by atoms with Crippen LogP contribution in [0.15, 0.2) is 48.0 Å². The third kappa shape index (κ3) is 6.95. The third-order valence-corrected chi connectivity index (χ3v) is 6.13. The fourth-order valence-electron chi connectivity index (χ4n) is 3.89. The van der Waals surface area contributed by atoms with E-state index in [1.807, 2.05) is 50.8 Å². The molecule has 2 aromatic rings. The number of benzene rings is 1. The number of guanidine groups is 1. The summed E-state index contributed by atoms with van der Waals surface area (Å²) in [4.78, 5) is 23.7. The predicted octanol–water partition coefficient (Wildman–Crippen LogP) is 4.53. The number of imidazole rings is 1. The summed E-state index contributed by atoms with van der Waals surface area (Å²) in [6.45, 7) is 11.7. The number of nitrogens with one attached hydrogen (secondary N) is 2. The number of anilines is 1. The Labute approximate surface area is 209 Å². The standard InChI is InChI=1S/C24H36N6O.HI/c1-5-18(3)23(31)28-21-9-7-8-20(14-21)15-27-24(26-6-2)29-12-10-19(4)22(16-29)30-13-11-25-17-30;/h7-9,11,13-14,17-19,22H,5-6,10,12,15-16H2,1-4H3,(H,26,27)(H,28,31);1H. The largest absolute Gasteiger partial charge is 0.357 e. The molecule has 32 heavy (non-hydrogen) atoms. The number of amides is 1. The van der Waals surface area contributed by atoms with Crippen LogP contribution in [0.5, 0.6) is 0 Å². The van der Waals surface area contributed by atoms with Crippen LogP contribution < -0.4 is 10.6 Å². The van der Waals surface area contributed by atoms with Gasteiger partial charge in [0.25, 0.3) is 0 Å². The van der Waals surface area contributed by atoms with E-state index in [0.717, 1.165) is 49.7 Å². The number of rotatable bonds is 7. The summed E-state index contributed by atoms with van der Waals surface area (Å²) in [5.41, 5.74) is 1.91. The van der Waals surface area contributed by atoms with Crippen LogP contribution in [0, 0.1) is 11.8 Å². The average molecular weight is 553 g/mol. The predicted molar refractivity (Wildman–Crippen MR) is 141 cm³/mol. The molecule has 0 radical (unpaired) electrons.